The highest BCUT2D eigenvalue weighted by Gasteiger charge is 2.48. The van der Waals surface area contributed by atoms with Crippen LogP contribution in [0.4, 0.5) is 5.69 Å². The van der Waals surface area contributed by atoms with Gasteiger partial charge in [0.2, 0.25) is 5.78 Å². The molecular weight excluding hydrogens is 234 g/mol. The summed E-state index contributed by atoms with van der Waals surface area (Å²) in [6.07, 6.45) is 0. The van der Waals surface area contributed by atoms with Crippen molar-refractivity contribution in [2.45, 2.75) is 19.4 Å². The van der Waals surface area contributed by atoms with Gasteiger partial charge in [-0.15, -0.1) is 0 Å². The summed E-state index contributed by atoms with van der Waals surface area (Å²) in [5.41, 5.74) is -0.272. The van der Waals surface area contributed by atoms with Gasteiger partial charge < -0.3 is 14.8 Å². The van der Waals surface area contributed by atoms with Crippen LogP contribution in [-0.4, -0.2) is 31.0 Å². The molecule has 0 amide bonds. The van der Waals surface area contributed by atoms with Crippen molar-refractivity contribution in [1.82, 2.24) is 0 Å². The summed E-state index contributed by atoms with van der Waals surface area (Å²) in [4.78, 5) is 24.1. The van der Waals surface area contributed by atoms with Gasteiger partial charge in [0.25, 0.3) is 0 Å². The molecule has 1 aromatic rings. The quantitative estimate of drug-likeness (QED) is 0.651. The van der Waals surface area contributed by atoms with Crippen LogP contribution in [0.25, 0.3) is 0 Å². The van der Waals surface area contributed by atoms with E-state index in [4.69, 9.17) is 9.47 Å². The minimum Gasteiger partial charge on any atom is -0.497 e. The number of rotatable bonds is 3. The Morgan fingerprint density at radius 3 is 2.78 bits per heavy atom. The van der Waals surface area contributed by atoms with Gasteiger partial charge in [-0.3, -0.25) is 4.79 Å². The number of fused-ring (bicyclic) bond motifs is 1. The van der Waals surface area contributed by atoms with Gasteiger partial charge in [0.05, 0.1) is 13.7 Å². The van der Waals surface area contributed by atoms with Crippen molar-refractivity contribution in [3.05, 3.63) is 23.8 Å². The molecule has 0 spiro atoms. The minimum absolute atomic E-state index is 0.239. The first-order valence-corrected chi connectivity index (χ1v) is 5.71. The van der Waals surface area contributed by atoms with E-state index in [1.165, 1.54) is 14.0 Å². The van der Waals surface area contributed by atoms with Crippen LogP contribution in [0.2, 0.25) is 0 Å². The smallest absolute Gasteiger partial charge is 0.339 e. The monoisotopic (exact) mass is 249 g/mol. The van der Waals surface area contributed by atoms with E-state index >= 15 is 0 Å². The van der Waals surface area contributed by atoms with E-state index in [-0.39, 0.29) is 12.4 Å². The number of hydrogen-bond acceptors (Lipinski definition) is 5. The van der Waals surface area contributed by atoms with Gasteiger partial charge in [0, 0.05) is 11.3 Å². The van der Waals surface area contributed by atoms with E-state index in [1.807, 2.05) is 0 Å². The second-order valence-corrected chi connectivity index (χ2v) is 4.21. The Labute approximate surface area is 105 Å². The van der Waals surface area contributed by atoms with Gasteiger partial charge >= 0.3 is 5.97 Å². The molecule has 96 valence electrons. The molecule has 0 radical (unpaired) electrons. The number of anilines is 1. The maximum absolute atomic E-state index is 12.3. The molecule has 1 heterocycles. The second kappa shape index (κ2) is 4.33. The number of Topliss-reactive ketones (excluding diaryl/α,β-unsaturated/α-hetero) is 1. The van der Waals surface area contributed by atoms with Crippen molar-refractivity contribution in [3.63, 3.8) is 0 Å². The fraction of sp³-hybridized carbons (Fsp3) is 0.385. The van der Waals surface area contributed by atoms with E-state index in [0.29, 0.717) is 17.0 Å². The Bertz CT molecular complexity index is 512. The molecule has 2 rings (SSSR count). The number of esters is 1. The van der Waals surface area contributed by atoms with Gasteiger partial charge in [0.1, 0.15) is 5.75 Å². The summed E-state index contributed by atoms with van der Waals surface area (Å²) in [6.45, 7) is 3.47. The van der Waals surface area contributed by atoms with Crippen molar-refractivity contribution < 1.29 is 19.1 Å². The molecule has 1 unspecified atom stereocenters. The lowest BCUT2D eigenvalue weighted by atomic mass is 9.96. The van der Waals surface area contributed by atoms with Crippen LogP contribution in [0.1, 0.15) is 24.2 Å². The molecule has 0 saturated carbocycles. The molecule has 0 bridgehead atoms. The Hall–Kier alpha value is -2.04. The number of methoxy groups -OCH3 is 1. The number of hydrogen-bond donors (Lipinski definition) is 1. The number of carbonyl (C=O) groups is 2. The predicted molar refractivity (Wildman–Crippen MR) is 66.0 cm³/mol. The molecule has 0 aliphatic carbocycles. The molecule has 1 aliphatic rings. The van der Waals surface area contributed by atoms with Crippen LogP contribution in [0.15, 0.2) is 18.2 Å². The van der Waals surface area contributed by atoms with Crippen molar-refractivity contribution >= 4 is 17.4 Å². The van der Waals surface area contributed by atoms with Crippen LogP contribution in [0.3, 0.4) is 0 Å². The summed E-state index contributed by atoms with van der Waals surface area (Å²) in [7, 11) is 1.53. The van der Waals surface area contributed by atoms with Crippen molar-refractivity contribution in [1.29, 1.82) is 0 Å². The van der Waals surface area contributed by atoms with Crippen LogP contribution in [0.5, 0.6) is 5.75 Å². The Morgan fingerprint density at radius 1 is 1.44 bits per heavy atom. The molecule has 1 atom stereocenters. The highest BCUT2D eigenvalue weighted by Crippen LogP contribution is 2.35. The largest absolute Gasteiger partial charge is 0.497 e. The third kappa shape index (κ3) is 1.72. The van der Waals surface area contributed by atoms with Gasteiger partial charge in [-0.05, 0) is 32.0 Å². The number of carbonyl (C=O) groups excluding carboxylic acids is 2. The van der Waals surface area contributed by atoms with E-state index in [1.54, 1.807) is 25.1 Å². The molecule has 5 nitrogen and oxygen atoms in total. The number of benzene rings is 1. The van der Waals surface area contributed by atoms with Gasteiger partial charge in [-0.25, -0.2) is 4.79 Å². The zero-order valence-electron chi connectivity index (χ0n) is 10.6. The van der Waals surface area contributed by atoms with Gasteiger partial charge in [-0.1, -0.05) is 0 Å². The normalized spacial score (nSPS) is 21.2. The zero-order valence-corrected chi connectivity index (χ0v) is 10.6. The molecular formula is C13H15NO4. The molecule has 0 aromatic heterocycles. The lowest BCUT2D eigenvalue weighted by Gasteiger charge is -2.20. The van der Waals surface area contributed by atoms with E-state index < -0.39 is 11.5 Å². The zero-order chi connectivity index (χ0) is 13.3. The summed E-state index contributed by atoms with van der Waals surface area (Å²) < 4.78 is 10.0. The second-order valence-electron chi connectivity index (χ2n) is 4.21. The Morgan fingerprint density at radius 2 is 2.17 bits per heavy atom. The highest BCUT2D eigenvalue weighted by atomic mass is 16.5. The van der Waals surface area contributed by atoms with E-state index in [9.17, 15) is 9.59 Å². The highest BCUT2D eigenvalue weighted by molar-refractivity contribution is 6.24. The average Bonchev–Trinajstić information content (AvgIpc) is 2.63. The lowest BCUT2D eigenvalue weighted by molar-refractivity contribution is -0.146. The first-order chi connectivity index (χ1) is 8.52. The molecule has 1 aromatic carbocycles. The van der Waals surface area contributed by atoms with Crippen molar-refractivity contribution in [2.24, 2.45) is 0 Å². The molecule has 0 saturated heterocycles. The van der Waals surface area contributed by atoms with E-state index in [2.05, 4.69) is 5.32 Å². The molecule has 0 fully saturated rings. The standard InChI is InChI=1S/C13H15NO4/c1-4-18-12(16)13(2)11(15)9-7-8(17-3)5-6-10(9)14-13/h5-7,14H,4H2,1-3H3. The summed E-state index contributed by atoms with van der Waals surface area (Å²) in [5.74, 6) is -0.281. The van der Waals surface area contributed by atoms with Crippen LogP contribution >= 0.6 is 0 Å². The third-order valence-corrected chi connectivity index (χ3v) is 2.99. The van der Waals surface area contributed by atoms with Crippen molar-refractivity contribution in [3.8, 4) is 5.75 Å². The van der Waals surface area contributed by atoms with Crippen LogP contribution in [0, 0.1) is 0 Å². The molecule has 1 aliphatic heterocycles. The first-order valence-electron chi connectivity index (χ1n) is 5.71. The predicted octanol–water partition coefficient (Wildman–Crippen LogP) is 1.63. The maximum Gasteiger partial charge on any atom is 0.339 e. The fourth-order valence-electron chi connectivity index (χ4n) is 1.96. The van der Waals surface area contributed by atoms with Crippen LogP contribution < -0.4 is 10.1 Å². The Kier molecular flexibility index (Phi) is 2.98. The average molecular weight is 249 g/mol. The number of ether oxygens (including phenoxy) is 2. The van der Waals surface area contributed by atoms with Gasteiger partial charge in [0.15, 0.2) is 5.54 Å². The SMILES string of the molecule is CCOC(=O)C1(C)Nc2ccc(OC)cc2C1=O. The maximum atomic E-state index is 12.3. The summed E-state index contributed by atoms with van der Waals surface area (Å²) >= 11 is 0. The van der Waals surface area contributed by atoms with E-state index in [0.717, 1.165) is 0 Å². The fourth-order valence-corrected chi connectivity index (χ4v) is 1.96. The number of ketones is 1. The van der Waals surface area contributed by atoms with Gasteiger partial charge in [-0.2, -0.15) is 0 Å². The molecule has 5 heteroatoms. The topological polar surface area (TPSA) is 64.6 Å². The number of nitrogens with one attached hydrogen (secondary N) is 1. The van der Waals surface area contributed by atoms with Crippen molar-refractivity contribution in [2.75, 3.05) is 19.0 Å². The summed E-state index contributed by atoms with van der Waals surface area (Å²) in [6, 6.07) is 5.07. The molecule has 1 N–H and O–H groups in total. The summed E-state index contributed by atoms with van der Waals surface area (Å²) in [5, 5.41) is 2.92. The Balaban J connectivity index is 2.38. The minimum atomic E-state index is -1.34. The lowest BCUT2D eigenvalue weighted by Crippen LogP contribution is -2.47. The first kappa shape index (κ1) is 12.4. The molecule has 18 heavy (non-hydrogen) atoms. The van der Waals surface area contributed by atoms with Crippen LogP contribution in [-0.2, 0) is 9.53 Å². The third-order valence-electron chi connectivity index (χ3n) is 2.99.